The molecule has 0 bridgehead atoms. The van der Waals surface area contributed by atoms with Crippen LogP contribution in [-0.2, 0) is 4.79 Å². The van der Waals surface area contributed by atoms with Crippen molar-refractivity contribution >= 4 is 6.47 Å². The van der Waals surface area contributed by atoms with E-state index in [1.165, 1.54) is 25.9 Å². The summed E-state index contributed by atoms with van der Waals surface area (Å²) in [7, 11) is 2.20. The molecule has 1 aliphatic heterocycles. The molecule has 0 spiro atoms. The first-order valence-corrected chi connectivity index (χ1v) is 3.97. The van der Waals surface area contributed by atoms with Crippen LogP contribution in [0, 0.1) is 5.92 Å². The standard InChI is InChI=1S/C7H15N.CH2O2/c1-7-4-3-5-8(2)6-7;2-1-3/h7H,3-6H2,1-2H3;1H,(H,2,3). The molecular formula is C8H17NO2. The Morgan fingerprint density at radius 1 is 1.64 bits per heavy atom. The molecule has 0 radical (unpaired) electrons. The predicted octanol–water partition coefficient (Wildman–Crippen LogP) is 1.05. The van der Waals surface area contributed by atoms with Gasteiger partial charge in [0.05, 0.1) is 0 Å². The van der Waals surface area contributed by atoms with E-state index in [2.05, 4.69) is 18.9 Å². The van der Waals surface area contributed by atoms with Crippen molar-refractivity contribution in [2.45, 2.75) is 19.8 Å². The van der Waals surface area contributed by atoms with Gasteiger partial charge in [0.1, 0.15) is 0 Å². The van der Waals surface area contributed by atoms with Gasteiger partial charge in [0, 0.05) is 6.54 Å². The van der Waals surface area contributed by atoms with Crippen LogP contribution < -0.4 is 0 Å². The number of rotatable bonds is 0. The second-order valence-electron chi connectivity index (χ2n) is 3.12. The highest BCUT2D eigenvalue weighted by atomic mass is 16.3. The van der Waals surface area contributed by atoms with Crippen molar-refractivity contribution in [2.24, 2.45) is 5.92 Å². The molecule has 1 saturated heterocycles. The third-order valence-electron chi connectivity index (χ3n) is 1.86. The second-order valence-corrected chi connectivity index (χ2v) is 3.12. The molecule has 3 nitrogen and oxygen atoms in total. The van der Waals surface area contributed by atoms with Gasteiger partial charge in [-0.15, -0.1) is 0 Å². The van der Waals surface area contributed by atoms with Crippen LogP contribution in [0.3, 0.4) is 0 Å². The molecule has 11 heavy (non-hydrogen) atoms. The van der Waals surface area contributed by atoms with Crippen LogP contribution in [0.2, 0.25) is 0 Å². The number of hydrogen-bond acceptors (Lipinski definition) is 2. The molecule has 3 heteroatoms. The van der Waals surface area contributed by atoms with E-state index in [0.29, 0.717) is 0 Å². The molecule has 1 N–H and O–H groups in total. The molecular weight excluding hydrogens is 142 g/mol. The van der Waals surface area contributed by atoms with E-state index >= 15 is 0 Å². The van der Waals surface area contributed by atoms with E-state index in [4.69, 9.17) is 9.90 Å². The van der Waals surface area contributed by atoms with Crippen LogP contribution in [-0.4, -0.2) is 36.6 Å². The van der Waals surface area contributed by atoms with Gasteiger partial charge in [0.15, 0.2) is 0 Å². The van der Waals surface area contributed by atoms with Crippen molar-refractivity contribution in [3.8, 4) is 0 Å². The first-order chi connectivity index (χ1) is 5.20. The van der Waals surface area contributed by atoms with Gasteiger partial charge in [0.25, 0.3) is 6.47 Å². The Hall–Kier alpha value is -0.570. The largest absolute Gasteiger partial charge is 0.483 e. The highest BCUT2D eigenvalue weighted by Crippen LogP contribution is 2.12. The molecule has 1 rings (SSSR count). The molecule has 0 amide bonds. The minimum absolute atomic E-state index is 0.250. The number of hydrogen-bond donors (Lipinski definition) is 1. The zero-order valence-electron chi connectivity index (χ0n) is 7.29. The van der Waals surface area contributed by atoms with Crippen molar-refractivity contribution in [3.63, 3.8) is 0 Å². The molecule has 1 unspecified atom stereocenters. The average Bonchev–Trinajstić information content (AvgIpc) is 1.88. The number of nitrogens with zero attached hydrogens (tertiary/aromatic N) is 1. The Balaban J connectivity index is 0.000000292. The lowest BCUT2D eigenvalue weighted by molar-refractivity contribution is -0.122. The van der Waals surface area contributed by atoms with Crippen LogP contribution >= 0.6 is 0 Å². The summed E-state index contributed by atoms with van der Waals surface area (Å²) in [6.45, 7) is 4.69. The first-order valence-electron chi connectivity index (χ1n) is 3.97. The molecule has 0 aliphatic carbocycles. The van der Waals surface area contributed by atoms with Crippen molar-refractivity contribution < 1.29 is 9.90 Å². The Morgan fingerprint density at radius 2 is 2.18 bits per heavy atom. The third kappa shape index (κ3) is 5.85. The summed E-state index contributed by atoms with van der Waals surface area (Å²) in [5.41, 5.74) is 0. The summed E-state index contributed by atoms with van der Waals surface area (Å²) >= 11 is 0. The Labute approximate surface area is 68.0 Å². The molecule has 66 valence electrons. The Morgan fingerprint density at radius 3 is 2.45 bits per heavy atom. The van der Waals surface area contributed by atoms with Crippen molar-refractivity contribution in [2.75, 3.05) is 20.1 Å². The fraction of sp³-hybridized carbons (Fsp3) is 0.875. The van der Waals surface area contributed by atoms with Crippen molar-refractivity contribution in [1.82, 2.24) is 4.90 Å². The molecule has 0 saturated carbocycles. The quantitative estimate of drug-likeness (QED) is 0.537. The summed E-state index contributed by atoms with van der Waals surface area (Å²) in [5.74, 6) is 0.939. The van der Waals surface area contributed by atoms with Crippen molar-refractivity contribution in [1.29, 1.82) is 0 Å². The maximum Gasteiger partial charge on any atom is 0.290 e. The van der Waals surface area contributed by atoms with Gasteiger partial charge in [-0.25, -0.2) is 0 Å². The fourth-order valence-electron chi connectivity index (χ4n) is 1.42. The van der Waals surface area contributed by atoms with Crippen LogP contribution in [0.1, 0.15) is 19.8 Å². The highest BCUT2D eigenvalue weighted by molar-refractivity contribution is 5.32. The molecule has 0 aromatic rings. The first kappa shape index (κ1) is 10.4. The smallest absolute Gasteiger partial charge is 0.290 e. The van der Waals surface area contributed by atoms with E-state index in [1.54, 1.807) is 0 Å². The Kier molecular flexibility index (Phi) is 5.84. The zero-order valence-corrected chi connectivity index (χ0v) is 7.29. The van der Waals surface area contributed by atoms with Crippen LogP contribution in [0.15, 0.2) is 0 Å². The number of carboxylic acid groups (broad SMARTS) is 1. The minimum Gasteiger partial charge on any atom is -0.483 e. The number of piperidine rings is 1. The molecule has 1 heterocycles. The topological polar surface area (TPSA) is 40.5 Å². The van der Waals surface area contributed by atoms with E-state index in [9.17, 15) is 0 Å². The second kappa shape index (κ2) is 6.16. The fourth-order valence-corrected chi connectivity index (χ4v) is 1.42. The number of carbonyl (C=O) groups is 1. The monoisotopic (exact) mass is 159 g/mol. The third-order valence-corrected chi connectivity index (χ3v) is 1.86. The molecule has 1 fully saturated rings. The summed E-state index contributed by atoms with van der Waals surface area (Å²) in [4.78, 5) is 10.8. The van der Waals surface area contributed by atoms with Gasteiger partial charge >= 0.3 is 0 Å². The maximum absolute atomic E-state index is 8.36. The van der Waals surface area contributed by atoms with Crippen molar-refractivity contribution in [3.05, 3.63) is 0 Å². The average molecular weight is 159 g/mol. The normalized spacial score (nSPS) is 25.1. The highest BCUT2D eigenvalue weighted by Gasteiger charge is 2.11. The summed E-state index contributed by atoms with van der Waals surface area (Å²) in [6.07, 6.45) is 2.84. The zero-order chi connectivity index (χ0) is 8.69. The maximum atomic E-state index is 8.36. The predicted molar refractivity (Wildman–Crippen MR) is 44.6 cm³/mol. The van der Waals surface area contributed by atoms with Crippen LogP contribution in [0.5, 0.6) is 0 Å². The van der Waals surface area contributed by atoms with Gasteiger partial charge in [-0.3, -0.25) is 4.79 Å². The Bertz CT molecular complexity index is 98.3. The van der Waals surface area contributed by atoms with E-state index in [1.807, 2.05) is 0 Å². The van der Waals surface area contributed by atoms with E-state index < -0.39 is 0 Å². The lowest BCUT2D eigenvalue weighted by atomic mass is 10.0. The van der Waals surface area contributed by atoms with Crippen LogP contribution in [0.4, 0.5) is 0 Å². The molecule has 1 aliphatic rings. The summed E-state index contributed by atoms with van der Waals surface area (Å²) < 4.78 is 0. The number of likely N-dealkylation sites (tertiary alicyclic amines) is 1. The molecule has 0 aromatic carbocycles. The van der Waals surface area contributed by atoms with Gasteiger partial charge < -0.3 is 10.0 Å². The molecule has 0 aromatic heterocycles. The van der Waals surface area contributed by atoms with Gasteiger partial charge in [-0.2, -0.15) is 0 Å². The van der Waals surface area contributed by atoms with E-state index in [-0.39, 0.29) is 6.47 Å². The van der Waals surface area contributed by atoms with E-state index in [0.717, 1.165) is 5.92 Å². The SMILES string of the molecule is CC1CCCN(C)C1.O=CO. The summed E-state index contributed by atoms with van der Waals surface area (Å²) in [6, 6.07) is 0. The molecule has 1 atom stereocenters. The lowest BCUT2D eigenvalue weighted by Crippen LogP contribution is -2.30. The minimum atomic E-state index is -0.250. The van der Waals surface area contributed by atoms with Crippen LogP contribution in [0.25, 0.3) is 0 Å². The van der Waals surface area contributed by atoms with Gasteiger partial charge in [-0.05, 0) is 32.4 Å². The summed E-state index contributed by atoms with van der Waals surface area (Å²) in [5, 5.41) is 6.89. The van der Waals surface area contributed by atoms with Gasteiger partial charge in [0.2, 0.25) is 0 Å². The van der Waals surface area contributed by atoms with Gasteiger partial charge in [-0.1, -0.05) is 6.92 Å². The lowest BCUT2D eigenvalue weighted by Gasteiger charge is -2.26.